The molecule has 0 aliphatic heterocycles. The molecule has 0 bridgehead atoms. The maximum atomic E-state index is 11.8. The van der Waals surface area contributed by atoms with Crippen molar-refractivity contribution in [1.82, 2.24) is 15.5 Å². The van der Waals surface area contributed by atoms with Gasteiger partial charge in [-0.25, -0.2) is 0 Å². The van der Waals surface area contributed by atoms with Crippen molar-refractivity contribution in [2.75, 3.05) is 12.3 Å². The van der Waals surface area contributed by atoms with Crippen molar-refractivity contribution >= 4 is 11.6 Å². The zero-order chi connectivity index (χ0) is 12.6. The number of nitrogen functional groups attached to an aromatic ring is 1. The van der Waals surface area contributed by atoms with Gasteiger partial charge >= 0.3 is 0 Å². The number of carbonyl (C=O) groups excluding carboxylic acids is 1. The summed E-state index contributed by atoms with van der Waals surface area (Å²) in [4.78, 5) is 11.8. The first-order valence-electron chi connectivity index (χ1n) is 5.73. The van der Waals surface area contributed by atoms with E-state index in [0.29, 0.717) is 11.6 Å². The average molecular weight is 238 g/mol. The molecule has 0 spiro atoms. The molecule has 1 aliphatic carbocycles. The molecule has 1 heterocycles. The third-order valence-corrected chi connectivity index (χ3v) is 2.72. The summed E-state index contributed by atoms with van der Waals surface area (Å²) in [7, 11) is 0. The van der Waals surface area contributed by atoms with Gasteiger partial charge in [-0.3, -0.25) is 9.89 Å². The average Bonchev–Trinajstić information content (AvgIpc) is 2.98. The first-order valence-corrected chi connectivity index (χ1v) is 5.73. The van der Waals surface area contributed by atoms with Crippen LogP contribution >= 0.6 is 0 Å². The number of nitrogens with one attached hydrogen (secondary N) is 2. The van der Waals surface area contributed by atoms with Gasteiger partial charge in [0.2, 0.25) is 0 Å². The number of carbonyl (C=O) groups is 1. The molecule has 6 nitrogen and oxygen atoms in total. The summed E-state index contributed by atoms with van der Waals surface area (Å²) in [5.74, 6) is 0.0751. The molecular formula is C11H18N4O2. The van der Waals surface area contributed by atoms with E-state index < -0.39 is 5.60 Å². The number of rotatable bonds is 4. The fourth-order valence-corrected chi connectivity index (χ4v) is 1.60. The van der Waals surface area contributed by atoms with E-state index in [1.807, 2.05) is 0 Å². The quantitative estimate of drug-likeness (QED) is 0.608. The summed E-state index contributed by atoms with van der Waals surface area (Å²) >= 11 is 0. The highest BCUT2D eigenvalue weighted by atomic mass is 16.3. The summed E-state index contributed by atoms with van der Waals surface area (Å²) < 4.78 is 0. The summed E-state index contributed by atoms with van der Waals surface area (Å²) in [5, 5.41) is 18.9. The Morgan fingerprint density at radius 1 is 1.65 bits per heavy atom. The molecule has 0 radical (unpaired) electrons. The van der Waals surface area contributed by atoms with Crippen molar-refractivity contribution in [3.8, 4) is 0 Å². The lowest BCUT2D eigenvalue weighted by molar-refractivity contribution is 0.0692. The van der Waals surface area contributed by atoms with Gasteiger partial charge in [0.25, 0.3) is 5.91 Å². The second-order valence-electron chi connectivity index (χ2n) is 5.17. The second-order valence-corrected chi connectivity index (χ2v) is 5.17. The Bertz CT molecular complexity index is 429. The standard InChI is InChI=1S/C11H18N4O2/c1-11(2,17)5-13-10(16)9-7(12)8(14-15-9)6-3-4-6/h6,17H,3-5,12H2,1-2H3,(H,13,16)(H,14,15). The summed E-state index contributed by atoms with van der Waals surface area (Å²) in [6.45, 7) is 3.41. The van der Waals surface area contributed by atoms with Gasteiger partial charge < -0.3 is 16.2 Å². The van der Waals surface area contributed by atoms with Crippen LogP contribution in [0.15, 0.2) is 0 Å². The molecule has 0 saturated heterocycles. The molecule has 1 amide bonds. The smallest absolute Gasteiger partial charge is 0.274 e. The Balaban J connectivity index is 2.04. The number of aromatic amines is 1. The van der Waals surface area contributed by atoms with Crippen LogP contribution in [-0.4, -0.2) is 33.4 Å². The molecular weight excluding hydrogens is 220 g/mol. The van der Waals surface area contributed by atoms with Crippen molar-refractivity contribution in [3.05, 3.63) is 11.4 Å². The van der Waals surface area contributed by atoms with Gasteiger partial charge in [-0.05, 0) is 26.7 Å². The lowest BCUT2D eigenvalue weighted by atomic mass is 10.1. The fraction of sp³-hybridized carbons (Fsp3) is 0.636. The number of hydrogen-bond acceptors (Lipinski definition) is 4. The van der Waals surface area contributed by atoms with Gasteiger partial charge in [0.1, 0.15) is 0 Å². The Labute approximate surface area is 99.6 Å². The number of anilines is 1. The minimum atomic E-state index is -0.944. The van der Waals surface area contributed by atoms with Crippen LogP contribution in [0, 0.1) is 0 Å². The normalized spacial score (nSPS) is 15.9. The Hall–Kier alpha value is -1.56. The van der Waals surface area contributed by atoms with Crippen molar-refractivity contribution in [3.63, 3.8) is 0 Å². The van der Waals surface area contributed by atoms with Crippen molar-refractivity contribution in [1.29, 1.82) is 0 Å². The number of aromatic nitrogens is 2. The first-order chi connectivity index (χ1) is 7.88. The van der Waals surface area contributed by atoms with E-state index in [9.17, 15) is 9.90 Å². The molecule has 1 aliphatic rings. The van der Waals surface area contributed by atoms with Crippen LogP contribution in [0.2, 0.25) is 0 Å². The van der Waals surface area contributed by atoms with Gasteiger partial charge in [-0.1, -0.05) is 0 Å². The molecule has 0 atom stereocenters. The van der Waals surface area contributed by atoms with E-state index in [1.54, 1.807) is 13.8 Å². The zero-order valence-electron chi connectivity index (χ0n) is 10.1. The molecule has 5 N–H and O–H groups in total. The van der Waals surface area contributed by atoms with Gasteiger partial charge in [0.15, 0.2) is 5.69 Å². The Morgan fingerprint density at radius 2 is 2.29 bits per heavy atom. The largest absolute Gasteiger partial charge is 0.395 e. The van der Waals surface area contributed by atoms with Crippen LogP contribution in [0.4, 0.5) is 5.69 Å². The van der Waals surface area contributed by atoms with E-state index in [1.165, 1.54) is 0 Å². The SMILES string of the molecule is CC(C)(O)CNC(=O)c1n[nH]c(C2CC2)c1N. The van der Waals surface area contributed by atoms with Gasteiger partial charge in [0.05, 0.1) is 17.0 Å². The minimum Gasteiger partial charge on any atom is -0.395 e. The summed E-state index contributed by atoms with van der Waals surface area (Å²) in [6.07, 6.45) is 2.19. The van der Waals surface area contributed by atoms with Crippen LogP contribution in [0.1, 0.15) is 48.8 Å². The maximum absolute atomic E-state index is 11.8. The number of hydrogen-bond donors (Lipinski definition) is 4. The number of amides is 1. The molecule has 1 aromatic heterocycles. The second kappa shape index (κ2) is 4.03. The van der Waals surface area contributed by atoms with Gasteiger partial charge in [0, 0.05) is 12.5 Å². The molecule has 94 valence electrons. The lowest BCUT2D eigenvalue weighted by Crippen LogP contribution is -2.38. The molecule has 6 heteroatoms. The van der Waals surface area contributed by atoms with Gasteiger partial charge in [-0.2, -0.15) is 5.10 Å². The molecule has 2 rings (SSSR count). The molecule has 17 heavy (non-hydrogen) atoms. The fourth-order valence-electron chi connectivity index (χ4n) is 1.60. The molecule has 1 saturated carbocycles. The molecule has 1 aromatic rings. The van der Waals surface area contributed by atoms with Crippen molar-refractivity contribution in [2.24, 2.45) is 0 Å². The lowest BCUT2D eigenvalue weighted by Gasteiger charge is -2.17. The topological polar surface area (TPSA) is 104 Å². The number of H-pyrrole nitrogens is 1. The maximum Gasteiger partial charge on any atom is 0.274 e. The molecule has 0 unspecified atom stereocenters. The summed E-state index contributed by atoms with van der Waals surface area (Å²) in [5.41, 5.74) is 6.43. The van der Waals surface area contributed by atoms with E-state index in [2.05, 4.69) is 15.5 Å². The van der Waals surface area contributed by atoms with Crippen molar-refractivity contribution < 1.29 is 9.90 Å². The zero-order valence-corrected chi connectivity index (χ0v) is 10.1. The third-order valence-electron chi connectivity index (χ3n) is 2.72. The number of nitrogens with two attached hydrogens (primary N) is 1. The highest BCUT2D eigenvalue weighted by Crippen LogP contribution is 2.42. The monoisotopic (exact) mass is 238 g/mol. The molecule has 1 fully saturated rings. The van der Waals surface area contributed by atoms with Crippen LogP contribution in [-0.2, 0) is 0 Å². The van der Waals surface area contributed by atoms with Crippen LogP contribution in [0.25, 0.3) is 0 Å². The van der Waals surface area contributed by atoms with E-state index in [4.69, 9.17) is 5.73 Å². The Morgan fingerprint density at radius 3 is 2.82 bits per heavy atom. The van der Waals surface area contributed by atoms with Crippen molar-refractivity contribution in [2.45, 2.75) is 38.2 Å². The predicted molar refractivity (Wildman–Crippen MR) is 63.6 cm³/mol. The van der Waals surface area contributed by atoms with Gasteiger partial charge in [-0.15, -0.1) is 0 Å². The molecule has 0 aromatic carbocycles. The highest BCUT2D eigenvalue weighted by molar-refractivity contribution is 5.97. The Kier molecular flexibility index (Phi) is 2.82. The number of aliphatic hydroxyl groups is 1. The van der Waals surface area contributed by atoms with E-state index in [0.717, 1.165) is 18.5 Å². The predicted octanol–water partition coefficient (Wildman–Crippen LogP) is 0.370. The summed E-state index contributed by atoms with van der Waals surface area (Å²) in [6, 6.07) is 0. The third kappa shape index (κ3) is 2.76. The highest BCUT2D eigenvalue weighted by Gasteiger charge is 2.30. The first kappa shape index (κ1) is 11.9. The van der Waals surface area contributed by atoms with Crippen LogP contribution in [0.3, 0.4) is 0 Å². The minimum absolute atomic E-state index is 0.164. The van der Waals surface area contributed by atoms with Crippen LogP contribution in [0.5, 0.6) is 0 Å². The van der Waals surface area contributed by atoms with E-state index >= 15 is 0 Å². The van der Waals surface area contributed by atoms with Crippen LogP contribution < -0.4 is 11.1 Å². The van der Waals surface area contributed by atoms with E-state index in [-0.39, 0.29) is 18.1 Å². The number of nitrogens with zero attached hydrogens (tertiary/aromatic N) is 1.